The molecule has 0 bridgehead atoms. The molecule has 1 aromatic heterocycles. The Hall–Kier alpha value is -0.990. The Bertz CT molecular complexity index is 274. The van der Waals surface area contributed by atoms with Crippen molar-refractivity contribution < 1.29 is 0 Å². The van der Waals surface area contributed by atoms with E-state index in [-0.39, 0.29) is 0 Å². The average Bonchev–Trinajstić information content (AvgIpc) is 2.16. The van der Waals surface area contributed by atoms with E-state index in [1.807, 2.05) is 18.5 Å². The largest absolute Gasteiger partial charge is 0.369 e. The van der Waals surface area contributed by atoms with Gasteiger partial charge in [0.1, 0.15) is 0 Å². The third kappa shape index (κ3) is 1.60. The van der Waals surface area contributed by atoms with E-state index in [1.165, 1.54) is 5.69 Å². The maximum atomic E-state index is 5.67. The van der Waals surface area contributed by atoms with Gasteiger partial charge in [-0.2, -0.15) is 0 Å². The molecule has 3 heteroatoms. The molecule has 0 fully saturated rings. The number of aryl methyl sites for hydroxylation is 1. The van der Waals surface area contributed by atoms with Gasteiger partial charge in [-0.1, -0.05) is 13.8 Å². The fourth-order valence-corrected chi connectivity index (χ4v) is 1.36. The molecule has 68 valence electrons. The van der Waals surface area contributed by atoms with Gasteiger partial charge < -0.3 is 10.3 Å². The van der Waals surface area contributed by atoms with Gasteiger partial charge in [0, 0.05) is 12.7 Å². The van der Waals surface area contributed by atoms with Crippen molar-refractivity contribution in [1.82, 2.24) is 9.55 Å². The zero-order valence-electron chi connectivity index (χ0n) is 8.26. The summed E-state index contributed by atoms with van der Waals surface area (Å²) in [5.74, 6) is 1.27. The van der Waals surface area contributed by atoms with E-state index in [2.05, 4.69) is 18.8 Å². The molecule has 0 spiro atoms. The lowest BCUT2D eigenvalue weighted by Gasteiger charge is -2.06. The number of hydrogen-bond donors (Lipinski definition) is 1. The molecule has 0 atom stereocenters. The number of aromatic nitrogens is 2. The van der Waals surface area contributed by atoms with Gasteiger partial charge in [-0.25, -0.2) is 4.98 Å². The van der Waals surface area contributed by atoms with Crippen LogP contribution in [-0.4, -0.2) is 9.55 Å². The van der Waals surface area contributed by atoms with Crippen LogP contribution < -0.4 is 5.73 Å². The van der Waals surface area contributed by atoms with E-state index in [9.17, 15) is 0 Å². The van der Waals surface area contributed by atoms with Crippen molar-refractivity contribution >= 4 is 5.95 Å². The first kappa shape index (κ1) is 9.10. The van der Waals surface area contributed by atoms with E-state index in [0.717, 1.165) is 12.1 Å². The van der Waals surface area contributed by atoms with Crippen molar-refractivity contribution in [3.63, 3.8) is 0 Å². The molecule has 2 N–H and O–H groups in total. The second-order valence-electron chi connectivity index (χ2n) is 3.66. The molecule has 3 nitrogen and oxygen atoms in total. The minimum Gasteiger partial charge on any atom is -0.369 e. The Morgan fingerprint density at radius 1 is 1.50 bits per heavy atom. The third-order valence-corrected chi connectivity index (χ3v) is 2.05. The molecule has 1 heterocycles. The average molecular weight is 167 g/mol. The Morgan fingerprint density at radius 2 is 2.08 bits per heavy atom. The van der Waals surface area contributed by atoms with Gasteiger partial charge in [-0.05, 0) is 19.3 Å². The number of nitrogens with zero attached hydrogens (tertiary/aromatic N) is 2. The number of nitrogens with two attached hydrogens (primary N) is 1. The molecule has 1 rings (SSSR count). The molecule has 1 aromatic rings. The van der Waals surface area contributed by atoms with Crippen LogP contribution in [0.15, 0.2) is 0 Å². The van der Waals surface area contributed by atoms with Crippen molar-refractivity contribution in [1.29, 1.82) is 0 Å². The molecule has 12 heavy (non-hydrogen) atoms. The van der Waals surface area contributed by atoms with Crippen LogP contribution in [0.5, 0.6) is 0 Å². The Morgan fingerprint density at radius 3 is 2.42 bits per heavy atom. The van der Waals surface area contributed by atoms with Gasteiger partial charge in [0.05, 0.1) is 5.69 Å². The van der Waals surface area contributed by atoms with Crippen LogP contribution in [0.3, 0.4) is 0 Å². The minimum atomic E-state index is 0.614. The molecular weight excluding hydrogens is 150 g/mol. The normalized spacial score (nSPS) is 11.1. The number of nitrogen functional groups attached to an aromatic ring is 1. The molecule has 0 aliphatic rings. The summed E-state index contributed by atoms with van der Waals surface area (Å²) in [6.07, 6.45) is 1.05. The van der Waals surface area contributed by atoms with Gasteiger partial charge in [0.15, 0.2) is 5.95 Å². The number of hydrogen-bond acceptors (Lipinski definition) is 2. The summed E-state index contributed by atoms with van der Waals surface area (Å²) in [6, 6.07) is 0. The Kier molecular flexibility index (Phi) is 2.40. The van der Waals surface area contributed by atoms with Gasteiger partial charge in [0.25, 0.3) is 0 Å². The molecule has 0 saturated heterocycles. The molecule has 0 saturated carbocycles. The standard InChI is InChI=1S/C9H17N3/c1-6(2)5-8-7(3)11-9(10)12(8)4/h6H,5H2,1-4H3,(H2,10,11). The van der Waals surface area contributed by atoms with Crippen LogP contribution in [0.2, 0.25) is 0 Å². The first-order chi connectivity index (χ1) is 5.52. The van der Waals surface area contributed by atoms with E-state index >= 15 is 0 Å². The highest BCUT2D eigenvalue weighted by atomic mass is 15.1. The zero-order valence-corrected chi connectivity index (χ0v) is 8.26. The Labute approximate surface area is 73.6 Å². The lowest BCUT2D eigenvalue weighted by Crippen LogP contribution is -2.04. The second kappa shape index (κ2) is 3.17. The summed E-state index contributed by atoms with van der Waals surface area (Å²) in [4.78, 5) is 4.20. The van der Waals surface area contributed by atoms with E-state index in [0.29, 0.717) is 11.9 Å². The first-order valence-corrected chi connectivity index (χ1v) is 4.30. The zero-order chi connectivity index (χ0) is 9.30. The highest BCUT2D eigenvalue weighted by Crippen LogP contribution is 2.14. The maximum absolute atomic E-state index is 5.67. The monoisotopic (exact) mass is 167 g/mol. The fraction of sp³-hybridized carbons (Fsp3) is 0.667. The summed E-state index contributed by atoms with van der Waals surface area (Å²) < 4.78 is 1.97. The molecule has 0 amide bonds. The highest BCUT2D eigenvalue weighted by molar-refractivity contribution is 5.28. The van der Waals surface area contributed by atoms with Crippen LogP contribution in [-0.2, 0) is 13.5 Å². The maximum Gasteiger partial charge on any atom is 0.200 e. The van der Waals surface area contributed by atoms with Crippen molar-refractivity contribution in [2.75, 3.05) is 5.73 Å². The van der Waals surface area contributed by atoms with E-state index in [4.69, 9.17) is 5.73 Å². The summed E-state index contributed by atoms with van der Waals surface area (Å²) in [5.41, 5.74) is 7.98. The van der Waals surface area contributed by atoms with Gasteiger partial charge in [-0.15, -0.1) is 0 Å². The molecule has 0 radical (unpaired) electrons. The van der Waals surface area contributed by atoms with E-state index in [1.54, 1.807) is 0 Å². The van der Waals surface area contributed by atoms with Crippen LogP contribution in [0.1, 0.15) is 25.2 Å². The second-order valence-corrected chi connectivity index (χ2v) is 3.66. The molecule has 0 aromatic carbocycles. The summed E-state index contributed by atoms with van der Waals surface area (Å²) in [7, 11) is 1.97. The minimum absolute atomic E-state index is 0.614. The molecule has 0 unspecified atom stereocenters. The summed E-state index contributed by atoms with van der Waals surface area (Å²) in [5, 5.41) is 0. The smallest absolute Gasteiger partial charge is 0.200 e. The number of rotatable bonds is 2. The van der Waals surface area contributed by atoms with Crippen molar-refractivity contribution in [3.05, 3.63) is 11.4 Å². The molecule has 0 aliphatic heterocycles. The fourth-order valence-electron chi connectivity index (χ4n) is 1.36. The lowest BCUT2D eigenvalue weighted by molar-refractivity contribution is 0.615. The molecular formula is C9H17N3. The predicted molar refractivity (Wildman–Crippen MR) is 50.9 cm³/mol. The predicted octanol–water partition coefficient (Wildman–Crippen LogP) is 1.51. The number of anilines is 1. The van der Waals surface area contributed by atoms with Crippen LogP contribution in [0.4, 0.5) is 5.95 Å². The van der Waals surface area contributed by atoms with Crippen LogP contribution in [0, 0.1) is 12.8 Å². The van der Waals surface area contributed by atoms with Gasteiger partial charge in [0.2, 0.25) is 0 Å². The van der Waals surface area contributed by atoms with Gasteiger partial charge >= 0.3 is 0 Å². The third-order valence-electron chi connectivity index (χ3n) is 2.05. The lowest BCUT2D eigenvalue weighted by atomic mass is 10.1. The van der Waals surface area contributed by atoms with E-state index < -0.39 is 0 Å². The summed E-state index contributed by atoms with van der Waals surface area (Å²) >= 11 is 0. The molecule has 0 aliphatic carbocycles. The highest BCUT2D eigenvalue weighted by Gasteiger charge is 2.09. The van der Waals surface area contributed by atoms with Gasteiger partial charge in [-0.3, -0.25) is 0 Å². The van der Waals surface area contributed by atoms with Crippen molar-refractivity contribution in [3.8, 4) is 0 Å². The SMILES string of the molecule is Cc1nc(N)n(C)c1CC(C)C. The van der Waals surface area contributed by atoms with Crippen molar-refractivity contribution in [2.24, 2.45) is 13.0 Å². The quantitative estimate of drug-likeness (QED) is 0.725. The van der Waals surface area contributed by atoms with Crippen LogP contribution >= 0.6 is 0 Å². The van der Waals surface area contributed by atoms with Crippen LogP contribution in [0.25, 0.3) is 0 Å². The Balaban J connectivity index is 2.97. The first-order valence-electron chi connectivity index (χ1n) is 4.30. The number of imidazole rings is 1. The topological polar surface area (TPSA) is 43.8 Å². The summed E-state index contributed by atoms with van der Waals surface area (Å²) in [6.45, 7) is 6.40. The van der Waals surface area contributed by atoms with Crippen molar-refractivity contribution in [2.45, 2.75) is 27.2 Å².